The SMILES string of the molecule is COc1ccc(NC(=O)c2cc3c(N4CCSCC4)nc(C)cn3n2)c(OC)c1. The van der Waals surface area contributed by atoms with Crippen LogP contribution in [0.3, 0.4) is 0 Å². The second-order valence-electron chi connectivity index (χ2n) is 6.69. The van der Waals surface area contributed by atoms with Crippen molar-refractivity contribution in [1.82, 2.24) is 14.6 Å². The largest absolute Gasteiger partial charge is 0.497 e. The molecule has 0 bridgehead atoms. The Morgan fingerprint density at radius 1 is 1.17 bits per heavy atom. The fourth-order valence-electron chi connectivity index (χ4n) is 3.30. The van der Waals surface area contributed by atoms with E-state index in [1.54, 1.807) is 43.0 Å². The predicted octanol–water partition coefficient (Wildman–Crippen LogP) is 2.86. The number of thioether (sulfide) groups is 1. The standard InChI is InChI=1S/C20H23N5O3S/c1-13-12-25-17(19(21-13)24-6-8-29-9-7-24)11-16(23-25)20(26)22-15-5-4-14(27-2)10-18(15)28-3/h4-5,10-12H,6-9H2,1-3H3,(H,22,26). The molecule has 1 aliphatic rings. The maximum Gasteiger partial charge on any atom is 0.276 e. The Bertz CT molecular complexity index is 1050. The summed E-state index contributed by atoms with van der Waals surface area (Å²) >= 11 is 1.94. The number of hydrogen-bond donors (Lipinski definition) is 1. The van der Waals surface area contributed by atoms with Crippen LogP contribution in [-0.2, 0) is 0 Å². The second kappa shape index (κ2) is 8.20. The molecule has 1 amide bonds. The second-order valence-corrected chi connectivity index (χ2v) is 7.91. The van der Waals surface area contributed by atoms with Crippen molar-refractivity contribution in [3.05, 3.63) is 41.9 Å². The van der Waals surface area contributed by atoms with Gasteiger partial charge in [0.15, 0.2) is 11.5 Å². The van der Waals surface area contributed by atoms with Crippen LogP contribution in [0.15, 0.2) is 30.5 Å². The third-order valence-electron chi connectivity index (χ3n) is 4.76. The molecule has 4 rings (SSSR count). The van der Waals surface area contributed by atoms with Gasteiger partial charge in [-0.2, -0.15) is 16.9 Å². The number of amides is 1. The monoisotopic (exact) mass is 413 g/mol. The van der Waals surface area contributed by atoms with Gasteiger partial charge in [0, 0.05) is 36.7 Å². The van der Waals surface area contributed by atoms with E-state index in [0.29, 0.717) is 22.9 Å². The Morgan fingerprint density at radius 2 is 1.97 bits per heavy atom. The summed E-state index contributed by atoms with van der Waals surface area (Å²) in [6.45, 7) is 3.81. The molecule has 1 saturated heterocycles. The number of hydrogen-bond acceptors (Lipinski definition) is 7. The van der Waals surface area contributed by atoms with E-state index in [4.69, 9.17) is 14.5 Å². The Kier molecular flexibility index (Phi) is 5.48. The highest BCUT2D eigenvalue weighted by Crippen LogP contribution is 2.30. The van der Waals surface area contributed by atoms with Gasteiger partial charge in [0.25, 0.3) is 5.91 Å². The molecule has 9 heteroatoms. The van der Waals surface area contributed by atoms with Gasteiger partial charge in [0.2, 0.25) is 0 Å². The molecule has 0 aliphatic carbocycles. The topological polar surface area (TPSA) is 81.0 Å². The summed E-state index contributed by atoms with van der Waals surface area (Å²) in [4.78, 5) is 19.8. The molecular weight excluding hydrogens is 390 g/mol. The summed E-state index contributed by atoms with van der Waals surface area (Å²) in [6, 6.07) is 7.02. The Hall–Kier alpha value is -2.94. The van der Waals surface area contributed by atoms with Crippen molar-refractivity contribution >= 4 is 34.7 Å². The predicted molar refractivity (Wildman–Crippen MR) is 115 cm³/mol. The molecule has 3 aromatic rings. The van der Waals surface area contributed by atoms with E-state index in [1.165, 1.54) is 0 Å². The van der Waals surface area contributed by atoms with Gasteiger partial charge >= 0.3 is 0 Å². The summed E-state index contributed by atoms with van der Waals surface area (Å²) in [5, 5.41) is 7.35. The maximum atomic E-state index is 12.9. The highest BCUT2D eigenvalue weighted by molar-refractivity contribution is 7.99. The third-order valence-corrected chi connectivity index (χ3v) is 5.70. The fraction of sp³-hybridized carbons (Fsp3) is 0.350. The number of carbonyl (C=O) groups is 1. The Morgan fingerprint density at radius 3 is 2.69 bits per heavy atom. The summed E-state index contributed by atoms with van der Waals surface area (Å²) < 4.78 is 12.3. The minimum Gasteiger partial charge on any atom is -0.497 e. The van der Waals surface area contributed by atoms with E-state index < -0.39 is 0 Å². The molecule has 0 spiro atoms. The Balaban J connectivity index is 1.65. The fourth-order valence-corrected chi connectivity index (χ4v) is 4.20. The molecule has 2 aromatic heterocycles. The first kappa shape index (κ1) is 19.4. The molecule has 1 fully saturated rings. The molecule has 152 valence electrons. The van der Waals surface area contributed by atoms with Crippen molar-refractivity contribution in [1.29, 1.82) is 0 Å². The van der Waals surface area contributed by atoms with Crippen LogP contribution in [-0.4, -0.2) is 59.3 Å². The molecule has 0 saturated carbocycles. The minimum atomic E-state index is -0.310. The quantitative estimate of drug-likeness (QED) is 0.689. The van der Waals surface area contributed by atoms with Crippen LogP contribution in [0.2, 0.25) is 0 Å². The van der Waals surface area contributed by atoms with E-state index in [-0.39, 0.29) is 5.91 Å². The lowest BCUT2D eigenvalue weighted by Crippen LogP contribution is -2.33. The van der Waals surface area contributed by atoms with E-state index in [0.717, 1.165) is 41.6 Å². The summed E-state index contributed by atoms with van der Waals surface area (Å²) in [6.07, 6.45) is 1.84. The highest BCUT2D eigenvalue weighted by atomic mass is 32.2. The lowest BCUT2D eigenvalue weighted by molar-refractivity contribution is 0.102. The first-order valence-electron chi connectivity index (χ1n) is 9.32. The zero-order valence-corrected chi connectivity index (χ0v) is 17.5. The van der Waals surface area contributed by atoms with Crippen molar-refractivity contribution in [3.63, 3.8) is 0 Å². The van der Waals surface area contributed by atoms with Crippen LogP contribution in [0.5, 0.6) is 11.5 Å². The summed E-state index contributed by atoms with van der Waals surface area (Å²) in [5.74, 6) is 3.87. The van der Waals surface area contributed by atoms with E-state index in [1.807, 2.05) is 24.9 Å². The van der Waals surface area contributed by atoms with Gasteiger partial charge in [-0.1, -0.05) is 0 Å². The number of methoxy groups -OCH3 is 2. The van der Waals surface area contributed by atoms with Crippen LogP contribution in [0.25, 0.3) is 5.52 Å². The van der Waals surface area contributed by atoms with Crippen LogP contribution >= 0.6 is 11.8 Å². The molecule has 0 radical (unpaired) electrons. The Labute approximate surface area is 173 Å². The van der Waals surface area contributed by atoms with Gasteiger partial charge in [-0.25, -0.2) is 9.50 Å². The zero-order chi connectivity index (χ0) is 20.4. The summed E-state index contributed by atoms with van der Waals surface area (Å²) in [7, 11) is 3.13. The molecule has 1 aliphatic heterocycles. The first-order valence-corrected chi connectivity index (χ1v) is 10.5. The number of nitrogens with zero attached hydrogens (tertiary/aromatic N) is 4. The summed E-state index contributed by atoms with van der Waals surface area (Å²) in [5.41, 5.74) is 2.56. The first-order chi connectivity index (χ1) is 14.1. The van der Waals surface area contributed by atoms with Gasteiger partial charge in [0.1, 0.15) is 17.0 Å². The molecular formula is C20H23N5O3S. The van der Waals surface area contributed by atoms with E-state index in [2.05, 4.69) is 15.3 Å². The molecule has 0 atom stereocenters. The average molecular weight is 414 g/mol. The molecule has 3 heterocycles. The number of aryl methyl sites for hydroxylation is 1. The van der Waals surface area contributed by atoms with Gasteiger partial charge in [-0.3, -0.25) is 4.79 Å². The number of aromatic nitrogens is 3. The van der Waals surface area contributed by atoms with Crippen LogP contribution in [0.4, 0.5) is 11.5 Å². The number of rotatable bonds is 5. The third kappa shape index (κ3) is 3.95. The van der Waals surface area contributed by atoms with E-state index in [9.17, 15) is 4.79 Å². The number of anilines is 2. The number of nitrogens with one attached hydrogen (secondary N) is 1. The van der Waals surface area contributed by atoms with Gasteiger partial charge in [-0.15, -0.1) is 0 Å². The maximum absolute atomic E-state index is 12.9. The molecule has 0 unspecified atom stereocenters. The number of ether oxygens (including phenoxy) is 2. The van der Waals surface area contributed by atoms with Crippen molar-refractivity contribution in [3.8, 4) is 11.5 Å². The molecule has 29 heavy (non-hydrogen) atoms. The minimum absolute atomic E-state index is 0.310. The number of benzene rings is 1. The van der Waals surface area contributed by atoms with Gasteiger partial charge in [0.05, 0.1) is 31.8 Å². The average Bonchev–Trinajstić information content (AvgIpc) is 3.18. The molecule has 8 nitrogen and oxygen atoms in total. The lowest BCUT2D eigenvalue weighted by Gasteiger charge is -2.28. The van der Waals surface area contributed by atoms with Gasteiger partial charge < -0.3 is 19.7 Å². The highest BCUT2D eigenvalue weighted by Gasteiger charge is 2.20. The smallest absolute Gasteiger partial charge is 0.276 e. The van der Waals surface area contributed by atoms with E-state index >= 15 is 0 Å². The normalized spacial score (nSPS) is 14.1. The van der Waals surface area contributed by atoms with Crippen molar-refractivity contribution in [2.45, 2.75) is 6.92 Å². The van der Waals surface area contributed by atoms with Gasteiger partial charge in [-0.05, 0) is 19.1 Å². The molecule has 1 aromatic carbocycles. The van der Waals surface area contributed by atoms with Crippen molar-refractivity contribution in [2.24, 2.45) is 0 Å². The van der Waals surface area contributed by atoms with Crippen molar-refractivity contribution < 1.29 is 14.3 Å². The number of carbonyl (C=O) groups excluding carboxylic acids is 1. The lowest BCUT2D eigenvalue weighted by atomic mass is 10.2. The van der Waals surface area contributed by atoms with Crippen molar-refractivity contribution in [2.75, 3.05) is 49.0 Å². The van der Waals surface area contributed by atoms with Crippen LogP contribution in [0.1, 0.15) is 16.2 Å². The van der Waals surface area contributed by atoms with Crippen LogP contribution < -0.4 is 19.7 Å². The van der Waals surface area contributed by atoms with Crippen LogP contribution in [0, 0.1) is 6.92 Å². The number of fused-ring (bicyclic) bond motifs is 1. The zero-order valence-electron chi connectivity index (χ0n) is 16.6. The molecule has 1 N–H and O–H groups in total.